The largest absolute Gasteiger partial charge is 0.461 e. The van der Waals surface area contributed by atoms with Crippen LogP contribution in [0.3, 0.4) is 0 Å². The predicted molar refractivity (Wildman–Crippen MR) is 113 cm³/mol. The molecule has 2 rings (SSSR count). The maximum Gasteiger partial charge on any atom is 0.310 e. The quantitative estimate of drug-likeness (QED) is 0.399. The topological polar surface area (TPSA) is 90.0 Å². The summed E-state index contributed by atoms with van der Waals surface area (Å²) in [4.78, 5) is 26.7. The molecule has 0 aliphatic rings. The van der Waals surface area contributed by atoms with Gasteiger partial charge in [0.05, 0.1) is 18.8 Å². The summed E-state index contributed by atoms with van der Waals surface area (Å²) in [6, 6.07) is 18.7. The maximum atomic E-state index is 12.7. The van der Waals surface area contributed by atoms with Crippen molar-refractivity contribution in [3.63, 3.8) is 0 Å². The molecule has 0 saturated heterocycles. The van der Waals surface area contributed by atoms with Gasteiger partial charge in [0.2, 0.25) is 5.91 Å². The first-order chi connectivity index (χ1) is 14.2. The van der Waals surface area contributed by atoms with Crippen LogP contribution in [0.1, 0.15) is 17.5 Å². The molecule has 0 saturated carbocycles. The summed E-state index contributed by atoms with van der Waals surface area (Å²) in [6.45, 7) is 0.100. The SMILES string of the molecule is CN(CCOS(C)(=O)=O)C(=O)C[C@@H](Cc1ccccc1)C(=O)OCc1ccccc1. The summed E-state index contributed by atoms with van der Waals surface area (Å²) >= 11 is 0. The Labute approximate surface area is 177 Å². The second kappa shape index (κ2) is 11.5. The fraction of sp³-hybridized carbons (Fsp3) is 0.364. The molecule has 0 fully saturated rings. The highest BCUT2D eigenvalue weighted by Gasteiger charge is 2.25. The van der Waals surface area contributed by atoms with E-state index >= 15 is 0 Å². The van der Waals surface area contributed by atoms with Crippen molar-refractivity contribution in [3.8, 4) is 0 Å². The van der Waals surface area contributed by atoms with Crippen LogP contribution in [0, 0.1) is 5.92 Å². The fourth-order valence-corrected chi connectivity index (χ4v) is 3.18. The highest BCUT2D eigenvalue weighted by molar-refractivity contribution is 7.85. The fourth-order valence-electron chi connectivity index (χ4n) is 2.80. The zero-order valence-electron chi connectivity index (χ0n) is 17.2. The smallest absolute Gasteiger partial charge is 0.310 e. The normalized spacial score (nSPS) is 12.2. The predicted octanol–water partition coefficient (Wildman–Crippen LogP) is 2.41. The van der Waals surface area contributed by atoms with Crippen LogP contribution >= 0.6 is 0 Å². The summed E-state index contributed by atoms with van der Waals surface area (Å²) in [5.74, 6) is -1.39. The second-order valence-corrected chi connectivity index (χ2v) is 8.67. The average Bonchev–Trinajstić information content (AvgIpc) is 2.72. The molecule has 0 aromatic heterocycles. The van der Waals surface area contributed by atoms with E-state index in [0.29, 0.717) is 6.42 Å². The Balaban J connectivity index is 1.99. The Kier molecular flexibility index (Phi) is 9.01. The van der Waals surface area contributed by atoms with Gasteiger partial charge in [0, 0.05) is 20.0 Å². The van der Waals surface area contributed by atoms with Crippen LogP contribution in [0.4, 0.5) is 0 Å². The van der Waals surface area contributed by atoms with Crippen molar-refractivity contribution in [2.45, 2.75) is 19.4 Å². The van der Waals surface area contributed by atoms with Gasteiger partial charge in [0.25, 0.3) is 10.1 Å². The summed E-state index contributed by atoms with van der Waals surface area (Å²) < 4.78 is 32.2. The standard InChI is InChI=1S/C22H27NO6S/c1-23(13-14-29-30(2,26)27)21(24)16-20(15-18-9-5-3-6-10-18)22(25)28-17-19-11-7-4-8-12-19/h3-12,20H,13-17H2,1-2H3/t20-/m1/s1. The minimum atomic E-state index is -3.57. The number of esters is 1. The zero-order valence-corrected chi connectivity index (χ0v) is 18.0. The Morgan fingerprint density at radius 2 is 1.53 bits per heavy atom. The molecular weight excluding hydrogens is 406 g/mol. The van der Waals surface area contributed by atoms with Crippen molar-refractivity contribution >= 4 is 22.0 Å². The third-order valence-electron chi connectivity index (χ3n) is 4.45. The van der Waals surface area contributed by atoms with E-state index in [1.165, 1.54) is 4.90 Å². The van der Waals surface area contributed by atoms with Gasteiger partial charge in [-0.05, 0) is 17.5 Å². The van der Waals surface area contributed by atoms with Gasteiger partial charge in [-0.1, -0.05) is 60.7 Å². The van der Waals surface area contributed by atoms with Gasteiger partial charge in [-0.25, -0.2) is 0 Å². The highest BCUT2D eigenvalue weighted by atomic mass is 32.2. The molecule has 0 aliphatic heterocycles. The first-order valence-electron chi connectivity index (χ1n) is 9.57. The number of rotatable bonds is 11. The van der Waals surface area contributed by atoms with Crippen molar-refractivity contribution in [1.82, 2.24) is 4.90 Å². The number of ether oxygens (including phenoxy) is 1. The Morgan fingerprint density at radius 1 is 0.967 bits per heavy atom. The number of nitrogens with zero attached hydrogens (tertiary/aromatic N) is 1. The van der Waals surface area contributed by atoms with E-state index in [1.807, 2.05) is 60.7 Å². The van der Waals surface area contributed by atoms with E-state index in [1.54, 1.807) is 7.05 Å². The van der Waals surface area contributed by atoms with Gasteiger partial charge in [-0.2, -0.15) is 8.42 Å². The van der Waals surface area contributed by atoms with Crippen molar-refractivity contribution in [2.75, 3.05) is 26.5 Å². The Morgan fingerprint density at radius 3 is 2.10 bits per heavy atom. The Bertz CT molecular complexity index is 915. The number of carbonyl (C=O) groups is 2. The summed E-state index contributed by atoms with van der Waals surface area (Å²) in [5.41, 5.74) is 1.79. The third kappa shape index (κ3) is 8.75. The number of hydrogen-bond donors (Lipinski definition) is 0. The Hall–Kier alpha value is -2.71. The number of carbonyl (C=O) groups excluding carboxylic acids is 2. The molecule has 162 valence electrons. The van der Waals surface area contributed by atoms with Crippen LogP contribution in [0.25, 0.3) is 0 Å². The van der Waals surface area contributed by atoms with E-state index < -0.39 is 22.0 Å². The lowest BCUT2D eigenvalue weighted by Crippen LogP contribution is -2.34. The zero-order chi connectivity index (χ0) is 22.0. The molecule has 30 heavy (non-hydrogen) atoms. The van der Waals surface area contributed by atoms with Gasteiger partial charge in [0.1, 0.15) is 6.61 Å². The van der Waals surface area contributed by atoms with Crippen molar-refractivity contribution in [3.05, 3.63) is 71.8 Å². The van der Waals surface area contributed by atoms with E-state index in [-0.39, 0.29) is 32.1 Å². The van der Waals surface area contributed by atoms with Gasteiger partial charge in [0.15, 0.2) is 0 Å². The van der Waals surface area contributed by atoms with Gasteiger partial charge in [-0.15, -0.1) is 0 Å². The molecule has 0 aliphatic carbocycles. The molecular formula is C22H27NO6S. The number of hydrogen-bond acceptors (Lipinski definition) is 6. The summed E-state index contributed by atoms with van der Waals surface area (Å²) in [7, 11) is -2.02. The number of amides is 1. The minimum Gasteiger partial charge on any atom is -0.461 e. The molecule has 7 nitrogen and oxygen atoms in total. The van der Waals surface area contributed by atoms with Crippen molar-refractivity contribution in [1.29, 1.82) is 0 Å². The highest BCUT2D eigenvalue weighted by Crippen LogP contribution is 2.17. The molecule has 2 aromatic rings. The lowest BCUT2D eigenvalue weighted by molar-refractivity contribution is -0.152. The van der Waals surface area contributed by atoms with Crippen LogP contribution in [0.5, 0.6) is 0 Å². The molecule has 2 aromatic carbocycles. The van der Waals surface area contributed by atoms with Crippen LogP contribution < -0.4 is 0 Å². The first-order valence-corrected chi connectivity index (χ1v) is 11.4. The van der Waals surface area contributed by atoms with Crippen LogP contribution in [-0.2, 0) is 41.7 Å². The van der Waals surface area contributed by atoms with Crippen LogP contribution in [0.15, 0.2) is 60.7 Å². The molecule has 0 N–H and O–H groups in total. The summed E-state index contributed by atoms with van der Waals surface area (Å²) in [5, 5.41) is 0. The monoisotopic (exact) mass is 433 g/mol. The molecule has 1 amide bonds. The lowest BCUT2D eigenvalue weighted by atomic mass is 9.95. The first kappa shape index (κ1) is 23.6. The molecule has 0 unspecified atom stereocenters. The molecule has 0 spiro atoms. The lowest BCUT2D eigenvalue weighted by Gasteiger charge is -2.21. The number of likely N-dealkylation sites (N-methyl/N-ethyl adjacent to an activating group) is 1. The maximum absolute atomic E-state index is 12.7. The molecule has 8 heteroatoms. The summed E-state index contributed by atoms with van der Waals surface area (Å²) in [6.07, 6.45) is 1.28. The molecule has 0 bridgehead atoms. The van der Waals surface area contributed by atoms with E-state index in [2.05, 4.69) is 4.18 Å². The van der Waals surface area contributed by atoms with Crippen LogP contribution in [0.2, 0.25) is 0 Å². The van der Waals surface area contributed by atoms with Crippen molar-refractivity contribution < 1.29 is 26.9 Å². The van der Waals surface area contributed by atoms with Crippen molar-refractivity contribution in [2.24, 2.45) is 5.92 Å². The number of benzene rings is 2. The molecule has 1 atom stereocenters. The molecule has 0 radical (unpaired) electrons. The van der Waals surface area contributed by atoms with Gasteiger partial charge in [-0.3, -0.25) is 13.8 Å². The average molecular weight is 434 g/mol. The molecule has 0 heterocycles. The van der Waals surface area contributed by atoms with Crippen LogP contribution in [-0.4, -0.2) is 51.6 Å². The van der Waals surface area contributed by atoms with Gasteiger partial charge < -0.3 is 9.64 Å². The van der Waals surface area contributed by atoms with E-state index in [0.717, 1.165) is 17.4 Å². The van der Waals surface area contributed by atoms with E-state index in [9.17, 15) is 18.0 Å². The third-order valence-corrected chi connectivity index (χ3v) is 5.05. The van der Waals surface area contributed by atoms with Gasteiger partial charge >= 0.3 is 5.97 Å². The minimum absolute atomic E-state index is 0.0438. The second-order valence-electron chi connectivity index (χ2n) is 7.03. The van der Waals surface area contributed by atoms with E-state index in [4.69, 9.17) is 4.74 Å².